The molecule has 3 heteroatoms. The molecule has 2 aromatic carbocycles. The fourth-order valence-corrected chi connectivity index (χ4v) is 2.49. The van der Waals surface area contributed by atoms with Gasteiger partial charge in [-0.1, -0.05) is 18.2 Å². The van der Waals surface area contributed by atoms with Gasteiger partial charge in [0.1, 0.15) is 17.2 Å². The summed E-state index contributed by atoms with van der Waals surface area (Å²) in [4.78, 5) is 0. The molecule has 0 radical (unpaired) electrons. The minimum atomic E-state index is 0.826. The second-order valence-electron chi connectivity index (χ2n) is 4.93. The highest BCUT2D eigenvalue weighted by Gasteiger charge is 2.10. The Morgan fingerprint density at radius 1 is 0.762 bits per heavy atom. The smallest absolute Gasteiger partial charge is 0.125 e. The van der Waals surface area contributed by atoms with E-state index < -0.39 is 0 Å². The van der Waals surface area contributed by atoms with Crippen molar-refractivity contribution in [2.24, 2.45) is 0 Å². The number of hydrogen-bond acceptors (Lipinski definition) is 3. The molecule has 0 aliphatic heterocycles. The molecule has 0 bridgehead atoms. The van der Waals surface area contributed by atoms with Crippen molar-refractivity contribution in [1.82, 2.24) is 0 Å². The summed E-state index contributed by atoms with van der Waals surface area (Å²) in [5.41, 5.74) is 3.60. The van der Waals surface area contributed by atoms with Crippen molar-refractivity contribution in [2.75, 3.05) is 21.3 Å². The molecule has 0 N–H and O–H groups in total. The van der Waals surface area contributed by atoms with Crippen molar-refractivity contribution >= 4 is 0 Å². The Morgan fingerprint density at radius 3 is 2.10 bits per heavy atom. The minimum Gasteiger partial charge on any atom is -0.497 e. The van der Waals surface area contributed by atoms with Crippen LogP contribution in [0.4, 0.5) is 0 Å². The Hall–Kier alpha value is -2.16. The van der Waals surface area contributed by atoms with Crippen LogP contribution in [0.2, 0.25) is 0 Å². The van der Waals surface area contributed by atoms with Crippen molar-refractivity contribution in [2.45, 2.75) is 19.8 Å². The Kier molecular flexibility index (Phi) is 5.09. The molecule has 0 spiro atoms. The molecule has 0 saturated heterocycles. The number of benzene rings is 2. The molecule has 0 unspecified atom stereocenters. The predicted octanol–water partition coefficient (Wildman–Crippen LogP) is 3.81. The van der Waals surface area contributed by atoms with Gasteiger partial charge in [-0.2, -0.15) is 0 Å². The quantitative estimate of drug-likeness (QED) is 0.808. The number of rotatable bonds is 6. The van der Waals surface area contributed by atoms with Crippen molar-refractivity contribution in [3.05, 3.63) is 53.1 Å². The van der Waals surface area contributed by atoms with Gasteiger partial charge in [0.2, 0.25) is 0 Å². The lowest BCUT2D eigenvalue weighted by molar-refractivity contribution is 0.391. The highest BCUT2D eigenvalue weighted by Crippen LogP contribution is 2.29. The Bertz CT molecular complexity index is 605. The van der Waals surface area contributed by atoms with Crippen LogP contribution in [-0.4, -0.2) is 21.3 Å². The van der Waals surface area contributed by atoms with Crippen LogP contribution in [0.5, 0.6) is 17.2 Å². The molecule has 3 nitrogen and oxygen atoms in total. The van der Waals surface area contributed by atoms with E-state index in [2.05, 4.69) is 19.1 Å². The number of ether oxygens (including phenoxy) is 3. The van der Waals surface area contributed by atoms with Gasteiger partial charge in [-0.25, -0.2) is 0 Å². The van der Waals surface area contributed by atoms with Crippen LogP contribution in [-0.2, 0) is 12.8 Å². The summed E-state index contributed by atoms with van der Waals surface area (Å²) in [5, 5.41) is 0. The van der Waals surface area contributed by atoms with Crippen molar-refractivity contribution < 1.29 is 14.2 Å². The zero-order chi connectivity index (χ0) is 15.2. The Balaban J connectivity index is 2.23. The average molecular weight is 286 g/mol. The molecular weight excluding hydrogens is 264 g/mol. The summed E-state index contributed by atoms with van der Waals surface area (Å²) in [6.07, 6.45) is 1.83. The van der Waals surface area contributed by atoms with E-state index in [4.69, 9.17) is 14.2 Å². The van der Waals surface area contributed by atoms with Gasteiger partial charge < -0.3 is 14.2 Å². The van der Waals surface area contributed by atoms with Crippen LogP contribution < -0.4 is 14.2 Å². The first-order valence-corrected chi connectivity index (χ1v) is 7.03. The van der Waals surface area contributed by atoms with E-state index in [0.29, 0.717) is 0 Å². The molecule has 0 aromatic heterocycles. The summed E-state index contributed by atoms with van der Waals surface area (Å²) in [5.74, 6) is 2.63. The van der Waals surface area contributed by atoms with Gasteiger partial charge in [0, 0.05) is 6.07 Å². The fraction of sp³-hybridized carbons (Fsp3) is 0.333. The zero-order valence-electron chi connectivity index (χ0n) is 13.1. The third-order valence-corrected chi connectivity index (χ3v) is 3.75. The second-order valence-corrected chi connectivity index (χ2v) is 4.93. The molecule has 0 amide bonds. The number of aryl methyl sites for hydroxylation is 2. The van der Waals surface area contributed by atoms with Crippen LogP contribution in [0.15, 0.2) is 36.4 Å². The maximum atomic E-state index is 5.42. The normalized spacial score (nSPS) is 10.3. The standard InChI is InChI=1S/C18H22O3/c1-13-15(11-16(19-2)12-18(13)21-4)10-9-14-7-5-6-8-17(14)20-3/h5-8,11-12H,9-10H2,1-4H3. The van der Waals surface area contributed by atoms with Crippen molar-refractivity contribution in [3.63, 3.8) is 0 Å². The lowest BCUT2D eigenvalue weighted by Crippen LogP contribution is -2.00. The monoisotopic (exact) mass is 286 g/mol. The van der Waals surface area contributed by atoms with E-state index in [-0.39, 0.29) is 0 Å². The highest BCUT2D eigenvalue weighted by atomic mass is 16.5. The summed E-state index contributed by atoms with van der Waals surface area (Å²) < 4.78 is 16.2. The molecule has 0 aliphatic carbocycles. The first kappa shape index (κ1) is 15.2. The largest absolute Gasteiger partial charge is 0.497 e. The van der Waals surface area contributed by atoms with E-state index in [1.807, 2.05) is 24.3 Å². The van der Waals surface area contributed by atoms with Gasteiger partial charge in [0.05, 0.1) is 21.3 Å². The molecule has 0 fully saturated rings. The van der Waals surface area contributed by atoms with E-state index in [9.17, 15) is 0 Å². The summed E-state index contributed by atoms with van der Waals surface area (Å²) in [6.45, 7) is 2.08. The maximum absolute atomic E-state index is 5.42. The second kappa shape index (κ2) is 7.02. The topological polar surface area (TPSA) is 27.7 Å². The summed E-state index contributed by atoms with van der Waals surface area (Å²) >= 11 is 0. The molecule has 0 heterocycles. The van der Waals surface area contributed by atoms with Gasteiger partial charge >= 0.3 is 0 Å². The van der Waals surface area contributed by atoms with E-state index in [0.717, 1.165) is 35.7 Å². The Labute approximate surface area is 126 Å². The van der Waals surface area contributed by atoms with Gasteiger partial charge in [-0.05, 0) is 48.6 Å². The molecule has 112 valence electrons. The molecule has 2 rings (SSSR count). The number of hydrogen-bond donors (Lipinski definition) is 0. The van der Waals surface area contributed by atoms with Crippen LogP contribution >= 0.6 is 0 Å². The number of para-hydroxylation sites is 1. The van der Waals surface area contributed by atoms with Crippen LogP contribution in [0.25, 0.3) is 0 Å². The van der Waals surface area contributed by atoms with E-state index >= 15 is 0 Å². The lowest BCUT2D eigenvalue weighted by Gasteiger charge is -2.14. The highest BCUT2D eigenvalue weighted by molar-refractivity contribution is 5.46. The molecule has 2 aromatic rings. The predicted molar refractivity (Wildman–Crippen MR) is 84.7 cm³/mol. The molecule has 21 heavy (non-hydrogen) atoms. The molecule has 0 atom stereocenters. The van der Waals surface area contributed by atoms with Crippen molar-refractivity contribution in [3.8, 4) is 17.2 Å². The van der Waals surface area contributed by atoms with E-state index in [1.54, 1.807) is 21.3 Å². The average Bonchev–Trinajstić information content (AvgIpc) is 2.54. The lowest BCUT2D eigenvalue weighted by atomic mass is 9.99. The van der Waals surface area contributed by atoms with Gasteiger partial charge in [-0.3, -0.25) is 0 Å². The van der Waals surface area contributed by atoms with Gasteiger partial charge in [0.15, 0.2) is 0 Å². The third-order valence-electron chi connectivity index (χ3n) is 3.75. The van der Waals surface area contributed by atoms with Crippen LogP contribution in [0.3, 0.4) is 0 Å². The fourth-order valence-electron chi connectivity index (χ4n) is 2.49. The van der Waals surface area contributed by atoms with Gasteiger partial charge in [-0.15, -0.1) is 0 Å². The van der Waals surface area contributed by atoms with Crippen LogP contribution in [0, 0.1) is 6.92 Å². The van der Waals surface area contributed by atoms with Crippen molar-refractivity contribution in [1.29, 1.82) is 0 Å². The van der Waals surface area contributed by atoms with Crippen LogP contribution in [0.1, 0.15) is 16.7 Å². The minimum absolute atomic E-state index is 0.826. The SMILES string of the molecule is COc1cc(CCc2ccccc2OC)c(C)c(OC)c1. The molecule has 0 saturated carbocycles. The number of methoxy groups -OCH3 is 3. The molecular formula is C18H22O3. The van der Waals surface area contributed by atoms with Gasteiger partial charge in [0.25, 0.3) is 0 Å². The van der Waals surface area contributed by atoms with E-state index in [1.165, 1.54) is 11.1 Å². The maximum Gasteiger partial charge on any atom is 0.125 e. The first-order chi connectivity index (χ1) is 10.2. The Morgan fingerprint density at radius 2 is 1.43 bits per heavy atom. The first-order valence-electron chi connectivity index (χ1n) is 7.03. The summed E-state index contributed by atoms with van der Waals surface area (Å²) in [6, 6.07) is 12.1. The third kappa shape index (κ3) is 3.48. The zero-order valence-corrected chi connectivity index (χ0v) is 13.1. The molecule has 0 aliphatic rings. The summed E-state index contributed by atoms with van der Waals surface area (Å²) in [7, 11) is 5.07.